The Morgan fingerprint density at radius 3 is 2.97 bits per heavy atom. The zero-order valence-electron chi connectivity index (χ0n) is 18.7. The summed E-state index contributed by atoms with van der Waals surface area (Å²) in [4.78, 5) is 19.4. The highest BCUT2D eigenvalue weighted by atomic mass is 32.1. The number of nitrogens with zero attached hydrogens (tertiary/aromatic N) is 5. The summed E-state index contributed by atoms with van der Waals surface area (Å²) in [5.74, 6) is 0.785. The molecule has 9 heteroatoms. The van der Waals surface area contributed by atoms with E-state index in [1.54, 1.807) is 11.3 Å². The molecule has 1 fully saturated rings. The highest BCUT2D eigenvalue weighted by Crippen LogP contribution is 2.19. The maximum absolute atomic E-state index is 12.9. The van der Waals surface area contributed by atoms with Gasteiger partial charge in [0.05, 0.1) is 19.2 Å². The Morgan fingerprint density at radius 2 is 2.18 bits per heavy atom. The van der Waals surface area contributed by atoms with Crippen molar-refractivity contribution in [2.24, 2.45) is 0 Å². The third-order valence-corrected chi connectivity index (χ3v) is 6.98. The first-order chi connectivity index (χ1) is 16.2. The number of hydrogen-bond donors (Lipinski definition) is 1. The lowest BCUT2D eigenvalue weighted by molar-refractivity contribution is 0.0915. The van der Waals surface area contributed by atoms with Gasteiger partial charge in [-0.2, -0.15) is 0 Å². The van der Waals surface area contributed by atoms with E-state index in [-0.39, 0.29) is 11.7 Å². The Hall–Kier alpha value is -2.88. The van der Waals surface area contributed by atoms with Crippen molar-refractivity contribution in [3.05, 3.63) is 74.0 Å². The van der Waals surface area contributed by atoms with Crippen LogP contribution in [0.15, 0.2) is 46.6 Å². The van der Waals surface area contributed by atoms with Gasteiger partial charge in [0, 0.05) is 35.7 Å². The standard InChI is InChI=1S/C24H28N6O2S/c1-2-17-7-8-22-18(11-17)12-19(24(31)25-22)13-29(15-21-6-4-10-33-21)16-23-26-27-28-30(23)14-20-5-3-9-32-20/h4,6-8,10-12,20H,2-3,5,9,13-16H2,1H3,(H,25,31)/t20-/m0/s1. The number of thiophene rings is 1. The van der Waals surface area contributed by atoms with E-state index in [1.165, 1.54) is 10.4 Å². The van der Waals surface area contributed by atoms with Crippen molar-refractivity contribution in [1.82, 2.24) is 30.1 Å². The molecule has 5 rings (SSSR count). The molecule has 4 aromatic rings. The lowest BCUT2D eigenvalue weighted by Gasteiger charge is -2.21. The maximum Gasteiger partial charge on any atom is 0.252 e. The molecule has 0 saturated carbocycles. The Kier molecular flexibility index (Phi) is 6.61. The normalized spacial score (nSPS) is 16.2. The molecule has 33 heavy (non-hydrogen) atoms. The zero-order chi connectivity index (χ0) is 22.6. The van der Waals surface area contributed by atoms with E-state index in [0.29, 0.717) is 19.6 Å². The summed E-state index contributed by atoms with van der Waals surface area (Å²) in [6, 6.07) is 12.4. The largest absolute Gasteiger partial charge is 0.376 e. The number of hydrogen-bond acceptors (Lipinski definition) is 7. The van der Waals surface area contributed by atoms with E-state index >= 15 is 0 Å². The SMILES string of the molecule is CCc1ccc2[nH]c(=O)c(CN(Cc3cccs3)Cc3nnnn3C[C@@H]3CCCO3)cc2c1. The lowest BCUT2D eigenvalue weighted by Crippen LogP contribution is -2.28. The first kappa shape index (κ1) is 21.9. The predicted octanol–water partition coefficient (Wildman–Crippen LogP) is 3.52. The number of H-pyrrole nitrogens is 1. The topological polar surface area (TPSA) is 88.9 Å². The molecule has 0 amide bonds. The lowest BCUT2D eigenvalue weighted by atomic mass is 10.1. The van der Waals surface area contributed by atoms with Crippen molar-refractivity contribution in [3.8, 4) is 0 Å². The average Bonchev–Trinajstić information content (AvgIpc) is 3.59. The number of aromatic nitrogens is 5. The Morgan fingerprint density at radius 1 is 1.24 bits per heavy atom. The molecule has 0 bridgehead atoms. The average molecular weight is 465 g/mol. The van der Waals surface area contributed by atoms with Gasteiger partial charge in [-0.05, 0) is 70.3 Å². The van der Waals surface area contributed by atoms with Crippen LogP contribution in [0, 0.1) is 0 Å². The Labute approximate surface area is 196 Å². The summed E-state index contributed by atoms with van der Waals surface area (Å²) in [7, 11) is 0. The molecule has 0 aliphatic carbocycles. The zero-order valence-corrected chi connectivity index (χ0v) is 19.6. The van der Waals surface area contributed by atoms with Crippen LogP contribution in [-0.4, -0.2) is 42.8 Å². The molecule has 172 valence electrons. The summed E-state index contributed by atoms with van der Waals surface area (Å²) in [6.07, 6.45) is 3.23. The molecule has 8 nitrogen and oxygen atoms in total. The van der Waals surface area contributed by atoms with Gasteiger partial charge in [0.2, 0.25) is 0 Å². The second kappa shape index (κ2) is 9.94. The minimum absolute atomic E-state index is 0.0538. The molecule has 4 heterocycles. The van der Waals surface area contributed by atoms with Gasteiger partial charge in [-0.25, -0.2) is 4.68 Å². The van der Waals surface area contributed by atoms with E-state index in [4.69, 9.17) is 4.74 Å². The first-order valence-electron chi connectivity index (χ1n) is 11.4. The molecule has 1 aliphatic rings. The number of tetrazole rings is 1. The van der Waals surface area contributed by atoms with Crippen molar-refractivity contribution in [2.75, 3.05) is 6.61 Å². The number of aromatic amines is 1. The minimum Gasteiger partial charge on any atom is -0.376 e. The molecule has 3 aromatic heterocycles. The quantitative estimate of drug-likeness (QED) is 0.408. The number of fused-ring (bicyclic) bond motifs is 1. The summed E-state index contributed by atoms with van der Waals surface area (Å²) in [5.41, 5.74) is 2.81. The van der Waals surface area contributed by atoms with Gasteiger partial charge in [-0.3, -0.25) is 9.69 Å². The molecule has 0 radical (unpaired) electrons. The van der Waals surface area contributed by atoms with E-state index in [0.717, 1.165) is 54.7 Å². The molecule has 1 aliphatic heterocycles. The summed E-state index contributed by atoms with van der Waals surface area (Å²) >= 11 is 1.71. The molecular formula is C24H28N6O2S. The molecule has 0 spiro atoms. The van der Waals surface area contributed by atoms with Crippen LogP contribution in [0.25, 0.3) is 10.9 Å². The summed E-state index contributed by atoms with van der Waals surface area (Å²) in [6.45, 7) is 5.37. The Bertz CT molecular complexity index is 1260. The number of ether oxygens (including phenoxy) is 1. The van der Waals surface area contributed by atoms with Crippen molar-refractivity contribution in [3.63, 3.8) is 0 Å². The van der Waals surface area contributed by atoms with Gasteiger partial charge < -0.3 is 9.72 Å². The molecule has 1 aromatic carbocycles. The van der Waals surface area contributed by atoms with E-state index < -0.39 is 0 Å². The number of aryl methyl sites for hydroxylation is 1. The van der Waals surface area contributed by atoms with Crippen LogP contribution in [0.5, 0.6) is 0 Å². The van der Waals surface area contributed by atoms with Gasteiger partial charge in [0.15, 0.2) is 5.82 Å². The molecular weight excluding hydrogens is 436 g/mol. The summed E-state index contributed by atoms with van der Waals surface area (Å²) < 4.78 is 7.61. The van der Waals surface area contributed by atoms with Crippen molar-refractivity contribution in [2.45, 2.75) is 58.5 Å². The molecule has 1 N–H and O–H groups in total. The Balaban J connectivity index is 1.41. The van der Waals surface area contributed by atoms with Gasteiger partial charge in [0.25, 0.3) is 5.56 Å². The van der Waals surface area contributed by atoms with E-state index in [2.05, 4.69) is 62.0 Å². The van der Waals surface area contributed by atoms with Gasteiger partial charge >= 0.3 is 0 Å². The fourth-order valence-electron chi connectivity index (χ4n) is 4.33. The molecule has 1 atom stereocenters. The third-order valence-electron chi connectivity index (χ3n) is 6.12. The number of pyridine rings is 1. The van der Waals surface area contributed by atoms with Crippen LogP contribution in [0.2, 0.25) is 0 Å². The second-order valence-electron chi connectivity index (χ2n) is 8.54. The van der Waals surface area contributed by atoms with Crippen LogP contribution in [0.4, 0.5) is 0 Å². The fourth-order valence-corrected chi connectivity index (χ4v) is 5.08. The van der Waals surface area contributed by atoms with Crippen molar-refractivity contribution in [1.29, 1.82) is 0 Å². The fraction of sp³-hybridized carbons (Fsp3) is 0.417. The van der Waals surface area contributed by atoms with Crippen molar-refractivity contribution >= 4 is 22.2 Å². The number of benzene rings is 1. The highest BCUT2D eigenvalue weighted by molar-refractivity contribution is 7.09. The minimum atomic E-state index is -0.0538. The van der Waals surface area contributed by atoms with Crippen LogP contribution in [0.1, 0.15) is 41.6 Å². The second-order valence-corrected chi connectivity index (χ2v) is 9.57. The van der Waals surface area contributed by atoms with E-state index in [9.17, 15) is 4.79 Å². The van der Waals surface area contributed by atoms with Crippen LogP contribution >= 0.6 is 11.3 Å². The first-order valence-corrected chi connectivity index (χ1v) is 12.3. The van der Waals surface area contributed by atoms with Crippen LogP contribution in [0.3, 0.4) is 0 Å². The van der Waals surface area contributed by atoms with E-state index in [1.807, 2.05) is 16.8 Å². The molecule has 0 unspecified atom stereocenters. The van der Waals surface area contributed by atoms with Crippen LogP contribution in [-0.2, 0) is 37.3 Å². The van der Waals surface area contributed by atoms with Gasteiger partial charge in [-0.1, -0.05) is 19.1 Å². The molecule has 1 saturated heterocycles. The number of rotatable bonds is 9. The smallest absolute Gasteiger partial charge is 0.252 e. The highest BCUT2D eigenvalue weighted by Gasteiger charge is 2.21. The van der Waals surface area contributed by atoms with Gasteiger partial charge in [0.1, 0.15) is 0 Å². The summed E-state index contributed by atoms with van der Waals surface area (Å²) in [5, 5.41) is 15.5. The third kappa shape index (κ3) is 5.21. The van der Waals surface area contributed by atoms with Crippen LogP contribution < -0.4 is 5.56 Å². The predicted molar refractivity (Wildman–Crippen MR) is 128 cm³/mol. The van der Waals surface area contributed by atoms with Gasteiger partial charge in [-0.15, -0.1) is 16.4 Å². The number of nitrogens with one attached hydrogen (secondary N) is 1. The maximum atomic E-state index is 12.9. The van der Waals surface area contributed by atoms with Crippen molar-refractivity contribution < 1.29 is 4.74 Å². The monoisotopic (exact) mass is 464 g/mol.